The first kappa shape index (κ1) is 21.4. The van der Waals surface area contributed by atoms with E-state index in [2.05, 4.69) is 36.5 Å². The summed E-state index contributed by atoms with van der Waals surface area (Å²) in [5, 5.41) is 0. The van der Waals surface area contributed by atoms with Gasteiger partial charge in [-0.25, -0.2) is 0 Å². The molecule has 0 spiro atoms. The fraction of sp³-hybridized carbons (Fsp3) is 0.0909. The van der Waals surface area contributed by atoms with Gasteiger partial charge in [0, 0.05) is 0 Å². The summed E-state index contributed by atoms with van der Waals surface area (Å²) in [6.45, 7) is 0. The van der Waals surface area contributed by atoms with Gasteiger partial charge in [0.05, 0.1) is 0 Å². The first-order valence-electron chi connectivity index (χ1n) is 9.11. The molecule has 7 heteroatoms. The van der Waals surface area contributed by atoms with Gasteiger partial charge < -0.3 is 0 Å². The van der Waals surface area contributed by atoms with Crippen molar-refractivity contribution < 1.29 is 26.8 Å². The van der Waals surface area contributed by atoms with E-state index in [0.29, 0.717) is 0 Å². The molecule has 0 saturated heterocycles. The molecule has 29 heavy (non-hydrogen) atoms. The molecule has 0 saturated carbocycles. The van der Waals surface area contributed by atoms with Crippen LogP contribution in [0.25, 0.3) is 0 Å². The van der Waals surface area contributed by atoms with Crippen molar-refractivity contribution in [3.05, 3.63) is 91.5 Å². The maximum atomic E-state index is 6.85. The molecule has 0 aromatic heterocycles. The van der Waals surface area contributed by atoms with Gasteiger partial charge in [-0.05, 0) is 0 Å². The van der Waals surface area contributed by atoms with Crippen LogP contribution in [0.5, 0.6) is 11.5 Å². The Morgan fingerprint density at radius 2 is 1.21 bits per heavy atom. The number of allylic oxidation sites excluding steroid dienone is 8. The molecule has 2 aromatic carbocycles. The van der Waals surface area contributed by atoms with Crippen LogP contribution in [-0.4, -0.2) is 0 Å². The fourth-order valence-electron chi connectivity index (χ4n) is 3.38. The predicted molar refractivity (Wildman–Crippen MR) is 121 cm³/mol. The molecule has 2 aliphatic rings. The van der Waals surface area contributed by atoms with E-state index in [1.807, 2.05) is 48.5 Å². The molecule has 4 rings (SSSR count). The second kappa shape index (κ2) is 9.98. The van der Waals surface area contributed by atoms with Crippen molar-refractivity contribution in [3.8, 4) is 11.5 Å². The molecular formula is C22H18Cl2O2S2Zr. The third-order valence-corrected chi connectivity index (χ3v) is 15.2. The molecule has 0 bridgehead atoms. The number of benzene rings is 2. The normalized spacial score (nSPS) is 15.4. The van der Waals surface area contributed by atoms with E-state index < -0.39 is 21.1 Å². The van der Waals surface area contributed by atoms with Gasteiger partial charge in [-0.1, -0.05) is 0 Å². The van der Waals surface area contributed by atoms with Gasteiger partial charge in [0.1, 0.15) is 0 Å². The summed E-state index contributed by atoms with van der Waals surface area (Å²) in [7, 11) is 14.3. The van der Waals surface area contributed by atoms with E-state index in [9.17, 15) is 0 Å². The molecule has 0 amide bonds. The van der Waals surface area contributed by atoms with E-state index in [1.54, 1.807) is 0 Å². The molecule has 2 aromatic rings. The molecule has 2 aliphatic carbocycles. The zero-order valence-electron chi connectivity index (χ0n) is 15.4. The van der Waals surface area contributed by atoms with Crippen LogP contribution in [0.2, 0.25) is 0 Å². The van der Waals surface area contributed by atoms with Crippen LogP contribution < -0.4 is 5.63 Å². The van der Waals surface area contributed by atoms with E-state index in [-0.39, 0.29) is 0 Å². The molecule has 0 aliphatic heterocycles. The zero-order valence-corrected chi connectivity index (χ0v) is 21.0. The Balaban J connectivity index is 1.79. The van der Waals surface area contributed by atoms with Crippen LogP contribution in [0, 0.1) is 0 Å². The van der Waals surface area contributed by atoms with Crippen LogP contribution in [0.15, 0.2) is 101 Å². The molecule has 148 valence electrons. The summed E-state index contributed by atoms with van der Waals surface area (Å²) in [5.74, 6) is 1.57. The van der Waals surface area contributed by atoms with Gasteiger partial charge in [-0.2, -0.15) is 0 Å². The number of hydrogen-bond acceptors (Lipinski definition) is 4. The number of halogens is 2. The van der Waals surface area contributed by atoms with Gasteiger partial charge in [0.25, 0.3) is 0 Å². The van der Waals surface area contributed by atoms with Crippen molar-refractivity contribution in [2.45, 2.75) is 22.6 Å². The van der Waals surface area contributed by atoms with E-state index in [1.165, 1.54) is 28.5 Å². The Labute approximate surface area is 194 Å². The van der Waals surface area contributed by atoms with Gasteiger partial charge in [0.2, 0.25) is 0 Å². The van der Waals surface area contributed by atoms with Crippen molar-refractivity contribution in [2.24, 2.45) is 0 Å². The first-order valence-corrected chi connectivity index (χ1v) is 16.9. The molecule has 0 unspecified atom stereocenters. The third kappa shape index (κ3) is 4.91. The Morgan fingerprint density at radius 1 is 0.724 bits per heavy atom. The van der Waals surface area contributed by atoms with E-state index >= 15 is 0 Å². The second-order valence-electron chi connectivity index (χ2n) is 6.57. The minimum absolute atomic E-state index is 0.787. The maximum absolute atomic E-state index is 6.85. The minimum atomic E-state index is -3.98. The average Bonchev–Trinajstić information content (AvgIpc) is 3.48. The summed E-state index contributed by atoms with van der Waals surface area (Å²) in [4.78, 5) is 1.89. The summed E-state index contributed by atoms with van der Waals surface area (Å²) < 4.78 is 16.2. The molecule has 0 fully saturated rings. The van der Waals surface area contributed by atoms with Crippen molar-refractivity contribution in [1.82, 2.24) is 0 Å². The Morgan fingerprint density at radius 3 is 1.59 bits per heavy atom. The van der Waals surface area contributed by atoms with Crippen LogP contribution in [-0.2, 0) is 21.1 Å². The topological polar surface area (TPSA) is 18.5 Å². The third-order valence-electron chi connectivity index (χ3n) is 4.70. The standard InChI is InChI=1S/2C6H5ClOS.2C5H5.Zr/c2*7-9-6-3-1-2-5(8)4-6;2*1-2-4-5-3-1;/h2*1-4,8H;2*1-3H,4H2;/q;;;;+2/p-2. The zero-order chi connectivity index (χ0) is 20.1. The fourth-order valence-corrected chi connectivity index (χ4v) is 12.6. The first-order chi connectivity index (χ1) is 14.2. The molecule has 2 nitrogen and oxygen atoms in total. The van der Waals surface area contributed by atoms with E-state index in [4.69, 9.17) is 27.0 Å². The number of hydrogen-bond donors (Lipinski definition) is 0. The number of rotatable bonds is 8. The Kier molecular flexibility index (Phi) is 7.36. The van der Waals surface area contributed by atoms with Gasteiger partial charge in [0.15, 0.2) is 0 Å². The molecule has 0 N–H and O–H groups in total. The molecule has 0 atom stereocenters. The van der Waals surface area contributed by atoms with Crippen LogP contribution in [0.4, 0.5) is 0 Å². The van der Waals surface area contributed by atoms with Gasteiger partial charge >= 0.3 is 196 Å². The molecule has 0 radical (unpaired) electrons. The summed E-state index contributed by atoms with van der Waals surface area (Å²) in [5.41, 5.74) is 0. The van der Waals surface area contributed by atoms with E-state index in [0.717, 1.165) is 34.1 Å². The van der Waals surface area contributed by atoms with Crippen molar-refractivity contribution in [3.63, 3.8) is 0 Å². The van der Waals surface area contributed by atoms with Crippen LogP contribution >= 0.6 is 43.3 Å². The van der Waals surface area contributed by atoms with Gasteiger partial charge in [-0.3, -0.25) is 0 Å². The summed E-state index contributed by atoms with van der Waals surface area (Å²) in [6, 6.07) is 15.8. The Hall–Kier alpha value is -0.837. The van der Waals surface area contributed by atoms with Gasteiger partial charge in [-0.15, -0.1) is 0 Å². The second-order valence-corrected chi connectivity index (χ2v) is 15.9. The Bertz CT molecular complexity index is 936. The quantitative estimate of drug-likeness (QED) is 0.335. The van der Waals surface area contributed by atoms with Crippen LogP contribution in [0.1, 0.15) is 12.8 Å². The molecular weight excluding hydrogens is 523 g/mol. The molecule has 0 heterocycles. The van der Waals surface area contributed by atoms with Crippen molar-refractivity contribution in [2.75, 3.05) is 0 Å². The monoisotopic (exact) mass is 538 g/mol. The van der Waals surface area contributed by atoms with Crippen molar-refractivity contribution in [1.29, 1.82) is 0 Å². The predicted octanol–water partition coefficient (Wildman–Crippen LogP) is 8.31. The average molecular weight is 541 g/mol. The summed E-state index contributed by atoms with van der Waals surface area (Å²) in [6.07, 6.45) is 14.5. The SMILES string of the molecule is ClSc1cccc([O][Zr]([O]c2cccc(SCl)c2)([C]2=CC=CC2)[C]2=CC=CC2)c1. The summed E-state index contributed by atoms with van der Waals surface area (Å²) >= 11 is -3.98. The van der Waals surface area contributed by atoms with Crippen molar-refractivity contribution >= 4 is 43.3 Å². The van der Waals surface area contributed by atoms with Crippen LogP contribution in [0.3, 0.4) is 0 Å².